The second-order valence-electron chi connectivity index (χ2n) is 5.07. The molecule has 0 aromatic heterocycles. The van der Waals surface area contributed by atoms with E-state index in [1.807, 2.05) is 18.2 Å². The number of aliphatic carboxylic acids is 1. The van der Waals surface area contributed by atoms with Gasteiger partial charge in [0.05, 0.1) is 0 Å². The van der Waals surface area contributed by atoms with Crippen LogP contribution in [-0.2, 0) is 11.3 Å². The molecule has 3 nitrogen and oxygen atoms in total. The molecule has 2 rings (SSSR count). The van der Waals surface area contributed by atoms with Gasteiger partial charge in [-0.3, -0.25) is 4.90 Å². The van der Waals surface area contributed by atoms with E-state index in [0.29, 0.717) is 0 Å². The highest BCUT2D eigenvalue weighted by Crippen LogP contribution is 2.29. The van der Waals surface area contributed by atoms with E-state index in [1.54, 1.807) is 6.08 Å². The van der Waals surface area contributed by atoms with E-state index in [-0.39, 0.29) is 0 Å². The SMILES string of the molecule is CCCN(Cc1ccccc1/C=C/C(=O)O)C1CC1. The van der Waals surface area contributed by atoms with Gasteiger partial charge in [0.1, 0.15) is 0 Å². The standard InChI is InChI=1S/C16H21NO2/c1-2-11-17(15-8-9-15)12-14-6-4-3-5-13(14)7-10-16(18)19/h3-7,10,15H,2,8-9,11-12H2,1H3,(H,18,19)/b10-7+. The van der Waals surface area contributed by atoms with E-state index in [4.69, 9.17) is 5.11 Å². The smallest absolute Gasteiger partial charge is 0.328 e. The number of nitrogens with zero attached hydrogens (tertiary/aromatic N) is 1. The Bertz CT molecular complexity index is 464. The van der Waals surface area contributed by atoms with Gasteiger partial charge in [-0.15, -0.1) is 0 Å². The van der Waals surface area contributed by atoms with Crippen LogP contribution in [0, 0.1) is 0 Å². The third-order valence-corrected chi connectivity index (χ3v) is 3.41. The second kappa shape index (κ2) is 6.53. The van der Waals surface area contributed by atoms with Crippen LogP contribution in [0.5, 0.6) is 0 Å². The predicted molar refractivity (Wildman–Crippen MR) is 76.8 cm³/mol. The first-order valence-electron chi connectivity index (χ1n) is 6.93. The summed E-state index contributed by atoms with van der Waals surface area (Å²) in [5, 5.41) is 8.73. The van der Waals surface area contributed by atoms with Gasteiger partial charge in [0, 0.05) is 18.7 Å². The number of carboxylic acid groups (broad SMARTS) is 1. The normalized spacial score (nSPS) is 15.3. The monoisotopic (exact) mass is 259 g/mol. The quantitative estimate of drug-likeness (QED) is 0.765. The van der Waals surface area contributed by atoms with E-state index >= 15 is 0 Å². The summed E-state index contributed by atoms with van der Waals surface area (Å²) in [6.45, 7) is 4.23. The molecule has 1 aromatic carbocycles. The van der Waals surface area contributed by atoms with Crippen molar-refractivity contribution in [1.29, 1.82) is 0 Å². The van der Waals surface area contributed by atoms with Crippen molar-refractivity contribution in [2.24, 2.45) is 0 Å². The largest absolute Gasteiger partial charge is 0.478 e. The third-order valence-electron chi connectivity index (χ3n) is 3.41. The Balaban J connectivity index is 2.11. The fourth-order valence-corrected chi connectivity index (χ4v) is 2.34. The molecule has 0 aliphatic heterocycles. The Morgan fingerprint density at radius 3 is 2.79 bits per heavy atom. The molecule has 102 valence electrons. The van der Waals surface area contributed by atoms with Gasteiger partial charge >= 0.3 is 5.97 Å². The van der Waals surface area contributed by atoms with E-state index in [9.17, 15) is 4.79 Å². The Hall–Kier alpha value is -1.61. The first-order chi connectivity index (χ1) is 9.20. The number of hydrogen-bond donors (Lipinski definition) is 1. The molecule has 19 heavy (non-hydrogen) atoms. The lowest BCUT2D eigenvalue weighted by Gasteiger charge is -2.22. The minimum absolute atomic E-state index is 0.733. The van der Waals surface area contributed by atoms with Crippen LogP contribution >= 0.6 is 0 Å². The van der Waals surface area contributed by atoms with Crippen LogP contribution in [-0.4, -0.2) is 28.6 Å². The molecule has 1 aliphatic rings. The Morgan fingerprint density at radius 1 is 1.42 bits per heavy atom. The number of hydrogen-bond acceptors (Lipinski definition) is 2. The highest BCUT2D eigenvalue weighted by Gasteiger charge is 2.28. The first-order valence-corrected chi connectivity index (χ1v) is 6.93. The van der Waals surface area contributed by atoms with Crippen LogP contribution in [0.3, 0.4) is 0 Å². The Labute approximate surface area is 114 Å². The molecule has 0 radical (unpaired) electrons. The molecule has 1 fully saturated rings. The molecular formula is C16H21NO2. The van der Waals surface area contributed by atoms with Crippen LogP contribution in [0.4, 0.5) is 0 Å². The summed E-state index contributed by atoms with van der Waals surface area (Å²) in [6.07, 6.45) is 6.65. The van der Waals surface area contributed by atoms with Gasteiger partial charge < -0.3 is 5.11 Å². The Morgan fingerprint density at radius 2 is 2.16 bits per heavy atom. The van der Waals surface area contributed by atoms with E-state index in [2.05, 4.69) is 17.9 Å². The van der Waals surface area contributed by atoms with Crippen molar-refractivity contribution >= 4 is 12.0 Å². The molecule has 0 atom stereocenters. The van der Waals surface area contributed by atoms with Crippen molar-refractivity contribution in [1.82, 2.24) is 4.90 Å². The fourth-order valence-electron chi connectivity index (χ4n) is 2.34. The van der Waals surface area contributed by atoms with Gasteiger partial charge in [0.15, 0.2) is 0 Å². The summed E-state index contributed by atoms with van der Waals surface area (Å²) in [5.41, 5.74) is 2.21. The molecule has 0 unspecified atom stereocenters. The van der Waals surface area contributed by atoms with Crippen LogP contribution in [0.1, 0.15) is 37.3 Å². The molecule has 0 heterocycles. The molecule has 0 saturated heterocycles. The second-order valence-corrected chi connectivity index (χ2v) is 5.07. The zero-order chi connectivity index (χ0) is 13.7. The average molecular weight is 259 g/mol. The van der Waals surface area contributed by atoms with Crippen LogP contribution in [0.2, 0.25) is 0 Å². The van der Waals surface area contributed by atoms with Crippen molar-refractivity contribution in [3.63, 3.8) is 0 Å². The van der Waals surface area contributed by atoms with Crippen molar-refractivity contribution in [3.8, 4) is 0 Å². The van der Waals surface area contributed by atoms with E-state index < -0.39 is 5.97 Å². The Kier molecular flexibility index (Phi) is 4.74. The zero-order valence-electron chi connectivity index (χ0n) is 11.4. The van der Waals surface area contributed by atoms with Gasteiger partial charge in [-0.05, 0) is 43.0 Å². The number of benzene rings is 1. The summed E-state index contributed by atoms with van der Waals surface area (Å²) in [5.74, 6) is -0.901. The van der Waals surface area contributed by atoms with Gasteiger partial charge in [0.2, 0.25) is 0 Å². The number of rotatable bonds is 7. The highest BCUT2D eigenvalue weighted by molar-refractivity contribution is 5.85. The van der Waals surface area contributed by atoms with Crippen LogP contribution in [0.25, 0.3) is 6.08 Å². The lowest BCUT2D eigenvalue weighted by Crippen LogP contribution is -2.26. The number of carbonyl (C=O) groups is 1. The van der Waals surface area contributed by atoms with Gasteiger partial charge in [-0.1, -0.05) is 31.2 Å². The van der Waals surface area contributed by atoms with Gasteiger partial charge in [-0.25, -0.2) is 4.79 Å². The molecule has 0 amide bonds. The molecular weight excluding hydrogens is 238 g/mol. The van der Waals surface area contributed by atoms with Crippen LogP contribution < -0.4 is 0 Å². The molecule has 3 heteroatoms. The maximum atomic E-state index is 10.6. The van der Waals surface area contributed by atoms with E-state index in [0.717, 1.165) is 31.1 Å². The molecule has 1 N–H and O–H groups in total. The fraction of sp³-hybridized carbons (Fsp3) is 0.438. The zero-order valence-corrected chi connectivity index (χ0v) is 11.4. The third kappa shape index (κ3) is 4.21. The molecule has 0 bridgehead atoms. The van der Waals surface area contributed by atoms with Crippen molar-refractivity contribution in [3.05, 3.63) is 41.5 Å². The minimum atomic E-state index is -0.901. The maximum absolute atomic E-state index is 10.6. The molecule has 1 saturated carbocycles. The first kappa shape index (κ1) is 13.8. The minimum Gasteiger partial charge on any atom is -0.478 e. The van der Waals surface area contributed by atoms with Crippen molar-refractivity contribution < 1.29 is 9.90 Å². The lowest BCUT2D eigenvalue weighted by atomic mass is 10.1. The molecule has 0 spiro atoms. The molecule has 1 aromatic rings. The van der Waals surface area contributed by atoms with Gasteiger partial charge in [-0.2, -0.15) is 0 Å². The highest BCUT2D eigenvalue weighted by atomic mass is 16.4. The number of carboxylic acids is 1. The maximum Gasteiger partial charge on any atom is 0.328 e. The van der Waals surface area contributed by atoms with Crippen LogP contribution in [0.15, 0.2) is 30.3 Å². The summed E-state index contributed by atoms with van der Waals surface area (Å²) in [7, 11) is 0. The molecule has 1 aliphatic carbocycles. The summed E-state index contributed by atoms with van der Waals surface area (Å²) < 4.78 is 0. The summed E-state index contributed by atoms with van der Waals surface area (Å²) >= 11 is 0. The van der Waals surface area contributed by atoms with E-state index in [1.165, 1.54) is 24.5 Å². The summed E-state index contributed by atoms with van der Waals surface area (Å²) in [4.78, 5) is 13.1. The van der Waals surface area contributed by atoms with Gasteiger partial charge in [0.25, 0.3) is 0 Å². The average Bonchev–Trinajstić information content (AvgIpc) is 3.21. The lowest BCUT2D eigenvalue weighted by molar-refractivity contribution is -0.131. The van der Waals surface area contributed by atoms with Crippen molar-refractivity contribution in [2.45, 2.75) is 38.8 Å². The summed E-state index contributed by atoms with van der Waals surface area (Å²) in [6, 6.07) is 8.77. The van der Waals surface area contributed by atoms with Crippen molar-refractivity contribution in [2.75, 3.05) is 6.54 Å². The topological polar surface area (TPSA) is 40.5 Å². The predicted octanol–water partition coefficient (Wildman–Crippen LogP) is 3.16.